The van der Waals surface area contributed by atoms with E-state index in [1.54, 1.807) is 24.3 Å². The monoisotopic (exact) mass is 676 g/mol. The van der Waals surface area contributed by atoms with Crippen LogP contribution in [0.4, 0.5) is 11.4 Å². The largest absolute Gasteiger partial charge is 0.422 e. The van der Waals surface area contributed by atoms with E-state index in [-0.39, 0.29) is 27.4 Å². The van der Waals surface area contributed by atoms with Crippen molar-refractivity contribution in [2.24, 2.45) is 5.10 Å². The number of halogens is 2. The Bertz CT molecular complexity index is 1910. The number of esters is 1. The van der Waals surface area contributed by atoms with E-state index in [1.165, 1.54) is 66.1 Å². The lowest BCUT2D eigenvalue weighted by atomic mass is 10.1. The third-order valence-electron chi connectivity index (χ3n) is 6.01. The molecule has 2 amide bonds. The number of carbonyl (C=O) groups excluding carboxylic acids is 3. The van der Waals surface area contributed by atoms with Gasteiger partial charge in [-0.3, -0.25) is 19.7 Å². The van der Waals surface area contributed by atoms with E-state index in [0.29, 0.717) is 16.3 Å². The number of para-hydroxylation sites is 1. The van der Waals surface area contributed by atoms with E-state index in [9.17, 15) is 24.5 Å². The molecule has 0 spiro atoms. The minimum atomic E-state index is -0.618. The van der Waals surface area contributed by atoms with Gasteiger partial charge in [-0.25, -0.2) is 10.2 Å². The minimum absolute atomic E-state index is 0.121. The molecule has 0 aliphatic carbocycles. The van der Waals surface area contributed by atoms with E-state index >= 15 is 0 Å². The second-order valence-electron chi connectivity index (χ2n) is 8.85. The predicted octanol–water partition coefficient (Wildman–Crippen LogP) is 7.46. The van der Waals surface area contributed by atoms with Crippen molar-refractivity contribution in [1.82, 2.24) is 5.43 Å². The molecule has 43 heavy (non-hydrogen) atoms. The molecular weight excluding hydrogens is 660 g/mol. The molecule has 2 N–H and O–H groups in total. The van der Waals surface area contributed by atoms with E-state index in [2.05, 4.69) is 31.8 Å². The molecule has 214 valence electrons. The van der Waals surface area contributed by atoms with Gasteiger partial charge in [0, 0.05) is 49.1 Å². The molecule has 5 aromatic rings. The average Bonchev–Trinajstić information content (AvgIpc) is 3.33. The molecule has 0 unspecified atom stereocenters. The SMILES string of the molecule is O=C(N/N=C\c1ccccc1OC(=O)c1sc2cc(Br)ccc2c1Cl)c1ccc(NC(=O)c2ccc([N+](=O)[O-])cc2)cc1. The molecule has 0 aliphatic rings. The highest BCUT2D eigenvalue weighted by atomic mass is 79.9. The van der Waals surface area contributed by atoms with Crippen molar-refractivity contribution in [3.05, 3.63) is 132 Å². The van der Waals surface area contributed by atoms with Gasteiger partial charge in [0.05, 0.1) is 16.2 Å². The van der Waals surface area contributed by atoms with Gasteiger partial charge >= 0.3 is 5.97 Å². The van der Waals surface area contributed by atoms with Crippen molar-refractivity contribution >= 4 is 84.3 Å². The summed E-state index contributed by atoms with van der Waals surface area (Å²) in [6, 6.07) is 23.5. The fraction of sp³-hybridized carbons (Fsp3) is 0. The third-order valence-corrected chi connectivity index (χ3v) is 8.14. The van der Waals surface area contributed by atoms with Crippen LogP contribution < -0.4 is 15.5 Å². The zero-order chi connectivity index (χ0) is 30.5. The minimum Gasteiger partial charge on any atom is -0.422 e. The number of thiophene rings is 1. The molecule has 5 rings (SSSR count). The zero-order valence-corrected chi connectivity index (χ0v) is 24.9. The molecular formula is C30H18BrClN4O6S. The van der Waals surface area contributed by atoms with Crippen LogP contribution in [-0.2, 0) is 0 Å². The summed E-state index contributed by atoms with van der Waals surface area (Å²) in [5.74, 6) is -1.36. The number of nitrogens with zero attached hydrogens (tertiary/aromatic N) is 2. The molecule has 13 heteroatoms. The van der Waals surface area contributed by atoms with Crippen LogP contribution in [0.2, 0.25) is 5.02 Å². The van der Waals surface area contributed by atoms with Crippen LogP contribution >= 0.6 is 38.9 Å². The summed E-state index contributed by atoms with van der Waals surface area (Å²) < 4.78 is 7.32. The number of nitro benzene ring substituents is 1. The Morgan fingerprint density at radius 2 is 1.60 bits per heavy atom. The number of fused-ring (bicyclic) bond motifs is 1. The Kier molecular flexibility index (Phi) is 8.90. The number of nitro groups is 1. The van der Waals surface area contributed by atoms with Crippen LogP contribution in [0.3, 0.4) is 0 Å². The smallest absolute Gasteiger partial charge is 0.355 e. The van der Waals surface area contributed by atoms with Crippen LogP contribution in [0.15, 0.2) is 101 Å². The van der Waals surface area contributed by atoms with Gasteiger partial charge < -0.3 is 10.1 Å². The quantitative estimate of drug-likeness (QED) is 0.0575. The summed E-state index contributed by atoms with van der Waals surface area (Å²) in [4.78, 5) is 48.5. The van der Waals surface area contributed by atoms with Crippen molar-refractivity contribution in [2.75, 3.05) is 5.32 Å². The van der Waals surface area contributed by atoms with Crippen LogP contribution in [0.5, 0.6) is 5.75 Å². The first-order chi connectivity index (χ1) is 20.7. The Morgan fingerprint density at radius 1 is 0.930 bits per heavy atom. The van der Waals surface area contributed by atoms with Crippen LogP contribution in [0.25, 0.3) is 10.1 Å². The Morgan fingerprint density at radius 3 is 2.33 bits per heavy atom. The Balaban J connectivity index is 1.20. The highest BCUT2D eigenvalue weighted by molar-refractivity contribution is 9.10. The molecule has 0 fully saturated rings. The van der Waals surface area contributed by atoms with Crippen LogP contribution in [-0.4, -0.2) is 28.9 Å². The second kappa shape index (κ2) is 12.9. The molecule has 1 heterocycles. The lowest BCUT2D eigenvalue weighted by Crippen LogP contribution is -2.18. The Labute approximate surface area is 261 Å². The van der Waals surface area contributed by atoms with E-state index in [1.807, 2.05) is 18.2 Å². The predicted molar refractivity (Wildman–Crippen MR) is 168 cm³/mol. The highest BCUT2D eigenvalue weighted by Gasteiger charge is 2.20. The number of nitrogens with one attached hydrogen (secondary N) is 2. The van der Waals surface area contributed by atoms with E-state index in [0.717, 1.165) is 14.6 Å². The molecule has 1 aromatic heterocycles. The lowest BCUT2D eigenvalue weighted by molar-refractivity contribution is -0.384. The number of hydrazone groups is 1. The first kappa shape index (κ1) is 29.6. The van der Waals surface area contributed by atoms with Gasteiger partial charge in [-0.2, -0.15) is 5.10 Å². The van der Waals surface area contributed by atoms with Gasteiger partial charge in [-0.15, -0.1) is 11.3 Å². The summed E-state index contributed by atoms with van der Waals surface area (Å²) in [7, 11) is 0. The molecule has 0 bridgehead atoms. The number of ether oxygens (including phenoxy) is 1. The zero-order valence-electron chi connectivity index (χ0n) is 21.7. The Hall–Kier alpha value is -4.91. The maximum Gasteiger partial charge on any atom is 0.355 e. The maximum atomic E-state index is 12.9. The summed E-state index contributed by atoms with van der Waals surface area (Å²) >= 11 is 11.1. The van der Waals surface area contributed by atoms with Gasteiger partial charge in [0.1, 0.15) is 10.6 Å². The van der Waals surface area contributed by atoms with Gasteiger partial charge in [0.15, 0.2) is 0 Å². The number of carbonyl (C=O) groups is 3. The number of benzene rings is 4. The summed E-state index contributed by atoms with van der Waals surface area (Å²) in [6.45, 7) is 0. The first-order valence-corrected chi connectivity index (χ1v) is 14.4. The highest BCUT2D eigenvalue weighted by Crippen LogP contribution is 2.37. The average molecular weight is 678 g/mol. The van der Waals surface area contributed by atoms with Crippen molar-refractivity contribution in [3.63, 3.8) is 0 Å². The van der Waals surface area contributed by atoms with Gasteiger partial charge in [0.25, 0.3) is 17.5 Å². The molecule has 0 saturated heterocycles. The van der Waals surface area contributed by atoms with Crippen molar-refractivity contribution in [2.45, 2.75) is 0 Å². The normalized spacial score (nSPS) is 10.9. The number of rotatable bonds is 8. The van der Waals surface area contributed by atoms with E-state index in [4.69, 9.17) is 16.3 Å². The number of non-ortho nitro benzene ring substituents is 1. The molecule has 0 aliphatic heterocycles. The van der Waals surface area contributed by atoms with Gasteiger partial charge in [0.2, 0.25) is 0 Å². The molecule has 4 aromatic carbocycles. The molecule has 0 saturated carbocycles. The van der Waals surface area contributed by atoms with Crippen LogP contribution in [0.1, 0.15) is 36.0 Å². The number of hydrogen-bond donors (Lipinski definition) is 2. The van der Waals surface area contributed by atoms with Gasteiger partial charge in [-0.05, 0) is 60.7 Å². The fourth-order valence-corrected chi connectivity index (χ4v) is 5.80. The third kappa shape index (κ3) is 6.95. The van der Waals surface area contributed by atoms with Crippen LogP contribution in [0, 0.1) is 10.1 Å². The maximum absolute atomic E-state index is 12.9. The summed E-state index contributed by atoms with van der Waals surface area (Å²) in [6.07, 6.45) is 1.35. The molecule has 0 atom stereocenters. The number of amides is 2. The molecule has 0 radical (unpaired) electrons. The van der Waals surface area contributed by atoms with Crippen molar-refractivity contribution < 1.29 is 24.0 Å². The van der Waals surface area contributed by atoms with Crippen molar-refractivity contribution in [1.29, 1.82) is 0 Å². The topological polar surface area (TPSA) is 140 Å². The second-order valence-corrected chi connectivity index (χ2v) is 11.2. The number of hydrogen-bond acceptors (Lipinski definition) is 8. The summed E-state index contributed by atoms with van der Waals surface area (Å²) in [5.41, 5.74) is 3.68. The standard InChI is InChI=1S/C30H18BrClN4O6S/c31-20-9-14-23-25(15-20)43-27(26(23)32)30(39)42-24-4-2-1-3-19(24)16-33-35-29(38)18-5-10-21(11-6-18)34-28(37)17-7-12-22(13-8-17)36(40)41/h1-16H,(H,34,37)(H,35,38)/b33-16-. The fourth-order valence-electron chi connectivity index (χ4n) is 3.86. The summed E-state index contributed by atoms with van der Waals surface area (Å²) in [5, 5.41) is 18.5. The number of anilines is 1. The van der Waals surface area contributed by atoms with Gasteiger partial charge in [-0.1, -0.05) is 45.7 Å². The lowest BCUT2D eigenvalue weighted by Gasteiger charge is -2.07. The van der Waals surface area contributed by atoms with Crippen molar-refractivity contribution in [3.8, 4) is 5.75 Å². The van der Waals surface area contributed by atoms with E-state index < -0.39 is 22.7 Å². The molecule has 10 nitrogen and oxygen atoms in total. The first-order valence-electron chi connectivity index (χ1n) is 12.4.